The number of hydrogen-bond donors (Lipinski definition) is 2. The minimum absolute atomic E-state index is 0.0331. The number of H-pyrrole nitrogens is 1. The van der Waals surface area contributed by atoms with Crippen LogP contribution in [0.1, 0.15) is 42.9 Å². The van der Waals surface area contributed by atoms with Gasteiger partial charge >= 0.3 is 0 Å². The van der Waals surface area contributed by atoms with E-state index in [2.05, 4.69) is 4.98 Å². The molecule has 2 aliphatic rings. The molecule has 1 aliphatic heterocycles. The van der Waals surface area contributed by atoms with Crippen LogP contribution < -0.4 is 0 Å². The highest BCUT2D eigenvalue weighted by Gasteiger charge is 2.49. The number of aliphatic hydroxyl groups is 1. The maximum absolute atomic E-state index is 13.2. The van der Waals surface area contributed by atoms with Crippen LogP contribution in [0.25, 0.3) is 16.7 Å². The third-order valence-corrected chi connectivity index (χ3v) is 7.05. The number of ketones is 1. The predicted octanol–water partition coefficient (Wildman–Crippen LogP) is 5.84. The molecule has 0 radical (unpaired) electrons. The molecule has 7 heteroatoms. The molecule has 0 spiro atoms. The van der Waals surface area contributed by atoms with Crippen LogP contribution in [0, 0.1) is 0 Å². The van der Waals surface area contributed by atoms with Gasteiger partial charge in [0.1, 0.15) is 5.76 Å². The van der Waals surface area contributed by atoms with Crippen LogP contribution in [-0.4, -0.2) is 32.7 Å². The van der Waals surface area contributed by atoms with E-state index in [0.29, 0.717) is 10.6 Å². The average molecular weight is 455 g/mol. The van der Waals surface area contributed by atoms with Gasteiger partial charge in [0.15, 0.2) is 0 Å². The highest BCUT2D eigenvalue weighted by Crippen LogP contribution is 2.45. The first-order valence-corrected chi connectivity index (χ1v) is 11.0. The number of likely N-dealkylation sites (tertiary alicyclic amines) is 1. The first-order valence-electron chi connectivity index (χ1n) is 10.3. The molecule has 1 aliphatic carbocycles. The number of rotatable bonds is 3. The van der Waals surface area contributed by atoms with E-state index in [-0.39, 0.29) is 22.4 Å². The molecular formula is C24H20Cl2N2O3. The van der Waals surface area contributed by atoms with Crippen molar-refractivity contribution in [3.05, 3.63) is 75.4 Å². The van der Waals surface area contributed by atoms with Crippen molar-refractivity contribution >= 4 is 51.6 Å². The SMILES string of the molecule is O=C1C(=O)N(C2CCCC2)C(c2c[nH]c3ccccc23)/C1=C(\O)c1ccc(Cl)c(Cl)c1. The number of amides is 1. The molecule has 5 rings (SSSR count). The van der Waals surface area contributed by atoms with Gasteiger partial charge in [-0.15, -0.1) is 0 Å². The molecule has 2 aromatic carbocycles. The van der Waals surface area contributed by atoms with Crippen LogP contribution in [0.2, 0.25) is 10.0 Å². The lowest BCUT2D eigenvalue weighted by Crippen LogP contribution is -2.37. The summed E-state index contributed by atoms with van der Waals surface area (Å²) in [5.41, 5.74) is 2.14. The first-order chi connectivity index (χ1) is 15.0. The molecule has 158 valence electrons. The molecular weight excluding hydrogens is 435 g/mol. The fraction of sp³-hybridized carbons (Fsp3) is 0.250. The molecule has 5 nitrogen and oxygen atoms in total. The smallest absolute Gasteiger partial charge is 0.295 e. The van der Waals surface area contributed by atoms with Gasteiger partial charge in [0.25, 0.3) is 11.7 Å². The molecule has 2 fully saturated rings. The standard InChI is InChI=1S/C24H20Cl2N2O3/c25-17-10-9-13(11-18(17)26)22(29)20-21(16-12-27-19-8-4-3-7-15(16)19)28(24(31)23(20)30)14-5-1-2-6-14/h3-4,7-12,14,21,27,29H,1-2,5-6H2/b22-20+. The molecule has 1 saturated heterocycles. The first kappa shape index (κ1) is 20.2. The summed E-state index contributed by atoms with van der Waals surface area (Å²) >= 11 is 12.2. The molecule has 1 amide bonds. The molecule has 1 unspecified atom stereocenters. The van der Waals surface area contributed by atoms with Crippen molar-refractivity contribution < 1.29 is 14.7 Å². The number of aromatic nitrogens is 1. The Morgan fingerprint density at radius 1 is 1.03 bits per heavy atom. The molecule has 1 atom stereocenters. The zero-order chi connectivity index (χ0) is 21.7. The van der Waals surface area contributed by atoms with Crippen molar-refractivity contribution in [3.63, 3.8) is 0 Å². The largest absolute Gasteiger partial charge is 0.507 e. The lowest BCUT2D eigenvalue weighted by Gasteiger charge is -2.30. The second-order valence-electron chi connectivity index (χ2n) is 8.06. The van der Waals surface area contributed by atoms with Gasteiger partial charge in [-0.25, -0.2) is 0 Å². The number of nitrogens with zero attached hydrogens (tertiary/aromatic N) is 1. The summed E-state index contributed by atoms with van der Waals surface area (Å²) in [6, 6.07) is 11.7. The molecule has 2 heterocycles. The zero-order valence-corrected chi connectivity index (χ0v) is 18.1. The number of aliphatic hydroxyl groups excluding tert-OH is 1. The highest BCUT2D eigenvalue weighted by molar-refractivity contribution is 6.47. The van der Waals surface area contributed by atoms with E-state index in [1.807, 2.05) is 30.5 Å². The molecule has 3 aromatic rings. The van der Waals surface area contributed by atoms with Crippen LogP contribution in [-0.2, 0) is 9.59 Å². The molecule has 0 bridgehead atoms. The van der Waals surface area contributed by atoms with Gasteiger partial charge in [-0.1, -0.05) is 54.2 Å². The summed E-state index contributed by atoms with van der Waals surface area (Å²) < 4.78 is 0. The number of para-hydroxylation sites is 1. The lowest BCUT2D eigenvalue weighted by molar-refractivity contribution is -0.141. The van der Waals surface area contributed by atoms with E-state index in [1.54, 1.807) is 17.0 Å². The quantitative estimate of drug-likeness (QED) is 0.296. The lowest BCUT2D eigenvalue weighted by atomic mass is 9.94. The number of aromatic amines is 1. The Kier molecular flexibility index (Phi) is 5.03. The number of nitrogens with one attached hydrogen (secondary N) is 1. The Morgan fingerprint density at radius 3 is 2.52 bits per heavy atom. The molecule has 2 N–H and O–H groups in total. The number of benzene rings is 2. The third-order valence-electron chi connectivity index (χ3n) is 6.31. The Morgan fingerprint density at radius 2 is 1.77 bits per heavy atom. The number of Topliss-reactive ketones (excluding diaryl/α,β-unsaturated/α-hetero) is 1. The van der Waals surface area contributed by atoms with Gasteiger partial charge in [-0.2, -0.15) is 0 Å². The van der Waals surface area contributed by atoms with Gasteiger partial charge in [0, 0.05) is 34.3 Å². The van der Waals surface area contributed by atoms with E-state index in [9.17, 15) is 14.7 Å². The van der Waals surface area contributed by atoms with Gasteiger partial charge in [0.2, 0.25) is 0 Å². The van der Waals surface area contributed by atoms with Crippen molar-refractivity contribution in [3.8, 4) is 0 Å². The number of carbonyl (C=O) groups is 2. The average Bonchev–Trinajstić information content (AvgIpc) is 3.49. The number of halogens is 2. The summed E-state index contributed by atoms with van der Waals surface area (Å²) in [5.74, 6) is -1.48. The zero-order valence-electron chi connectivity index (χ0n) is 16.6. The van der Waals surface area contributed by atoms with E-state index in [1.165, 1.54) is 6.07 Å². The van der Waals surface area contributed by atoms with E-state index < -0.39 is 17.7 Å². The van der Waals surface area contributed by atoms with Crippen LogP contribution in [0.5, 0.6) is 0 Å². The minimum Gasteiger partial charge on any atom is -0.507 e. The topological polar surface area (TPSA) is 73.4 Å². The van der Waals surface area contributed by atoms with Gasteiger partial charge < -0.3 is 15.0 Å². The normalized spacial score (nSPS) is 21.5. The molecule has 1 aromatic heterocycles. The van der Waals surface area contributed by atoms with Crippen LogP contribution in [0.15, 0.2) is 54.2 Å². The summed E-state index contributed by atoms with van der Waals surface area (Å²) in [4.78, 5) is 31.3. The Balaban J connectivity index is 1.74. The maximum atomic E-state index is 13.2. The van der Waals surface area contributed by atoms with Crippen molar-refractivity contribution in [2.45, 2.75) is 37.8 Å². The van der Waals surface area contributed by atoms with E-state index >= 15 is 0 Å². The van der Waals surface area contributed by atoms with E-state index in [4.69, 9.17) is 23.2 Å². The van der Waals surface area contributed by atoms with Gasteiger partial charge in [-0.05, 0) is 37.1 Å². The fourth-order valence-corrected chi connectivity index (χ4v) is 5.13. The Bertz CT molecular complexity index is 1240. The van der Waals surface area contributed by atoms with Crippen LogP contribution in [0.3, 0.4) is 0 Å². The van der Waals surface area contributed by atoms with Gasteiger partial charge in [-0.3, -0.25) is 9.59 Å². The highest BCUT2D eigenvalue weighted by atomic mass is 35.5. The van der Waals surface area contributed by atoms with Crippen molar-refractivity contribution in [2.24, 2.45) is 0 Å². The number of hydrogen-bond acceptors (Lipinski definition) is 3. The van der Waals surface area contributed by atoms with Crippen molar-refractivity contribution in [1.82, 2.24) is 9.88 Å². The number of fused-ring (bicyclic) bond motifs is 1. The Hall–Kier alpha value is -2.76. The maximum Gasteiger partial charge on any atom is 0.295 e. The Labute approximate surface area is 189 Å². The van der Waals surface area contributed by atoms with Crippen LogP contribution >= 0.6 is 23.2 Å². The molecule has 31 heavy (non-hydrogen) atoms. The van der Waals surface area contributed by atoms with Gasteiger partial charge in [0.05, 0.1) is 21.7 Å². The summed E-state index contributed by atoms with van der Waals surface area (Å²) in [6.45, 7) is 0. The second kappa shape index (κ2) is 7.74. The van der Waals surface area contributed by atoms with Crippen molar-refractivity contribution in [1.29, 1.82) is 0 Å². The monoisotopic (exact) mass is 454 g/mol. The van der Waals surface area contributed by atoms with E-state index in [0.717, 1.165) is 42.1 Å². The molecule has 1 saturated carbocycles. The fourth-order valence-electron chi connectivity index (χ4n) is 4.83. The summed E-state index contributed by atoms with van der Waals surface area (Å²) in [5, 5.41) is 12.7. The second-order valence-corrected chi connectivity index (χ2v) is 8.88. The minimum atomic E-state index is -0.675. The predicted molar refractivity (Wildman–Crippen MR) is 121 cm³/mol. The summed E-state index contributed by atoms with van der Waals surface area (Å²) in [7, 11) is 0. The van der Waals surface area contributed by atoms with Crippen molar-refractivity contribution in [2.75, 3.05) is 0 Å². The van der Waals surface area contributed by atoms with Crippen LogP contribution in [0.4, 0.5) is 0 Å². The third kappa shape index (κ3) is 3.24. The summed E-state index contributed by atoms with van der Waals surface area (Å²) in [6.07, 6.45) is 5.55. The number of carbonyl (C=O) groups excluding carboxylic acids is 2.